The highest BCUT2D eigenvalue weighted by Gasteiger charge is 2.39. The number of carbonyl (C=O) groups is 6. The third kappa shape index (κ3) is 14.3. The lowest BCUT2D eigenvalue weighted by atomic mass is 9.94. The van der Waals surface area contributed by atoms with Gasteiger partial charge in [0.2, 0.25) is 11.8 Å². The average molecular weight is 832 g/mol. The monoisotopic (exact) mass is 831 g/mol. The van der Waals surface area contributed by atoms with Crippen molar-refractivity contribution in [3.05, 3.63) is 87.9 Å². The predicted molar refractivity (Wildman–Crippen MR) is 227 cm³/mol. The van der Waals surface area contributed by atoms with Crippen molar-refractivity contribution in [1.82, 2.24) is 25.8 Å². The molecule has 1 aliphatic rings. The highest BCUT2D eigenvalue weighted by atomic mass is 32.1. The van der Waals surface area contributed by atoms with Gasteiger partial charge in [0.15, 0.2) is 10.8 Å². The van der Waals surface area contributed by atoms with Gasteiger partial charge in [-0.2, -0.15) is 0 Å². The van der Waals surface area contributed by atoms with Gasteiger partial charge >= 0.3 is 12.1 Å². The number of nitrogens with one attached hydrogen (secondary N) is 3. The number of rotatable bonds is 19. The van der Waals surface area contributed by atoms with Crippen LogP contribution in [0.5, 0.6) is 0 Å². The molecule has 320 valence electrons. The van der Waals surface area contributed by atoms with Crippen molar-refractivity contribution in [3.63, 3.8) is 0 Å². The zero-order valence-corrected chi connectivity index (χ0v) is 36.4. The van der Waals surface area contributed by atoms with Gasteiger partial charge in [0.05, 0.1) is 5.92 Å². The summed E-state index contributed by atoms with van der Waals surface area (Å²) in [4.78, 5) is 86.2. The van der Waals surface area contributed by atoms with Gasteiger partial charge in [0, 0.05) is 30.4 Å². The number of nitrogens with zero attached hydrogens (tertiary/aromatic N) is 2. The van der Waals surface area contributed by atoms with Gasteiger partial charge in [-0.1, -0.05) is 102 Å². The Hall–Kier alpha value is -5.11. The lowest BCUT2D eigenvalue weighted by molar-refractivity contribution is -0.149. The summed E-state index contributed by atoms with van der Waals surface area (Å²) in [5, 5.41) is 10.6. The third-order valence-electron chi connectivity index (χ3n) is 10.4. The van der Waals surface area contributed by atoms with Crippen molar-refractivity contribution in [2.45, 2.75) is 130 Å². The van der Waals surface area contributed by atoms with Crippen LogP contribution in [0.2, 0.25) is 0 Å². The van der Waals surface area contributed by atoms with Crippen LogP contribution in [-0.2, 0) is 36.9 Å². The average Bonchev–Trinajstić information content (AvgIpc) is 3.90. The largest absolute Gasteiger partial charge is 0.461 e. The fourth-order valence-corrected chi connectivity index (χ4v) is 7.54. The quantitative estimate of drug-likeness (QED) is 0.0859. The molecule has 1 fully saturated rings. The normalized spacial score (nSPS) is 16.6. The van der Waals surface area contributed by atoms with Crippen LogP contribution in [0.15, 0.2) is 66.0 Å². The maximum absolute atomic E-state index is 13.8. The van der Waals surface area contributed by atoms with Crippen molar-refractivity contribution in [1.29, 1.82) is 0 Å². The molecule has 1 aromatic heterocycles. The Kier molecular flexibility index (Phi) is 17.2. The molecule has 1 aliphatic heterocycles. The number of carbonyl (C=O) groups excluding carboxylic acids is 6. The minimum absolute atomic E-state index is 0.0760. The molecule has 0 unspecified atom stereocenters. The maximum Gasteiger partial charge on any atom is 0.410 e. The molecule has 3 N–H and O–H groups in total. The van der Waals surface area contributed by atoms with E-state index in [1.54, 1.807) is 27.7 Å². The second-order valence-electron chi connectivity index (χ2n) is 16.8. The molecule has 14 heteroatoms. The van der Waals surface area contributed by atoms with Crippen molar-refractivity contribution in [2.75, 3.05) is 6.54 Å². The number of hydrogen-bond donors (Lipinski definition) is 3. The van der Waals surface area contributed by atoms with Crippen LogP contribution in [0.4, 0.5) is 4.79 Å². The second-order valence-corrected chi connectivity index (χ2v) is 17.7. The van der Waals surface area contributed by atoms with Gasteiger partial charge in [0.1, 0.15) is 30.0 Å². The van der Waals surface area contributed by atoms with Crippen LogP contribution < -0.4 is 16.0 Å². The first-order valence-electron chi connectivity index (χ1n) is 20.6. The van der Waals surface area contributed by atoms with E-state index in [1.807, 2.05) is 88.4 Å². The van der Waals surface area contributed by atoms with Crippen molar-refractivity contribution < 1.29 is 38.2 Å². The molecule has 4 rings (SSSR count). The minimum atomic E-state index is -0.905. The Balaban J connectivity index is 1.39. The molecule has 0 saturated carbocycles. The Morgan fingerprint density at radius 1 is 0.898 bits per heavy atom. The van der Waals surface area contributed by atoms with Crippen LogP contribution in [0.1, 0.15) is 119 Å². The zero-order chi connectivity index (χ0) is 43.3. The van der Waals surface area contributed by atoms with E-state index >= 15 is 0 Å². The summed E-state index contributed by atoms with van der Waals surface area (Å²) in [6, 6.07) is 16.4. The Morgan fingerprint density at radius 3 is 2.15 bits per heavy atom. The number of ether oxygens (including phenoxy) is 2. The lowest BCUT2D eigenvalue weighted by Gasteiger charge is -2.31. The van der Waals surface area contributed by atoms with E-state index in [9.17, 15) is 28.8 Å². The van der Waals surface area contributed by atoms with Gasteiger partial charge in [-0.05, 0) is 69.4 Å². The number of amides is 4. The molecular formula is C45H61N5O8S. The molecule has 0 bridgehead atoms. The van der Waals surface area contributed by atoms with Gasteiger partial charge in [-0.15, -0.1) is 11.3 Å². The SMILES string of the molecule is CC[C@H](C)[C@H](NC(=O)[C@@H]1CCCN1C(=O)OC(C)(C)C)C(=O)N[C@H](CC(=O)c1nc(C(=O)N[C@@H](Cc2ccccc2)C[C@H](C)C(=O)OCc2ccccc2)cs1)C(C)C. The molecule has 59 heavy (non-hydrogen) atoms. The number of aromatic nitrogens is 1. The zero-order valence-electron chi connectivity index (χ0n) is 35.6. The topological polar surface area (TPSA) is 173 Å². The molecule has 13 nitrogen and oxygen atoms in total. The third-order valence-corrected chi connectivity index (χ3v) is 11.3. The van der Waals surface area contributed by atoms with Crippen molar-refractivity contribution in [3.8, 4) is 0 Å². The number of benzene rings is 2. The molecule has 4 amide bonds. The first kappa shape index (κ1) is 46.6. The number of thiazole rings is 1. The summed E-state index contributed by atoms with van der Waals surface area (Å²) in [5.74, 6) is -2.95. The molecule has 2 aromatic carbocycles. The minimum Gasteiger partial charge on any atom is -0.461 e. The van der Waals surface area contributed by atoms with E-state index < -0.39 is 59.5 Å². The van der Waals surface area contributed by atoms with Crippen LogP contribution in [0.25, 0.3) is 0 Å². The summed E-state index contributed by atoms with van der Waals surface area (Å²) >= 11 is 1.05. The number of Topliss-reactive ketones (excluding diaryl/α,β-unsaturated/α-hetero) is 1. The van der Waals surface area contributed by atoms with Gasteiger partial charge in [-0.3, -0.25) is 28.9 Å². The highest BCUT2D eigenvalue weighted by Crippen LogP contribution is 2.23. The lowest BCUT2D eigenvalue weighted by Crippen LogP contribution is -2.57. The Bertz CT molecular complexity index is 1880. The fraction of sp³-hybridized carbons (Fsp3) is 0.533. The molecule has 1 saturated heterocycles. The Morgan fingerprint density at radius 2 is 1.54 bits per heavy atom. The van der Waals surface area contributed by atoms with E-state index in [0.717, 1.165) is 22.5 Å². The highest BCUT2D eigenvalue weighted by molar-refractivity contribution is 7.12. The van der Waals surface area contributed by atoms with Crippen LogP contribution in [0, 0.1) is 17.8 Å². The van der Waals surface area contributed by atoms with E-state index in [0.29, 0.717) is 38.6 Å². The molecule has 0 radical (unpaired) electrons. The first-order valence-corrected chi connectivity index (χ1v) is 21.5. The Labute approximate surface area is 352 Å². The summed E-state index contributed by atoms with van der Waals surface area (Å²) in [6.07, 6.45) is 1.82. The summed E-state index contributed by atoms with van der Waals surface area (Å²) < 4.78 is 11.1. The summed E-state index contributed by atoms with van der Waals surface area (Å²) in [6.45, 7) is 15.2. The van der Waals surface area contributed by atoms with E-state index in [-0.39, 0.29) is 47.3 Å². The number of esters is 1. The molecule has 0 spiro atoms. The van der Waals surface area contributed by atoms with Crippen LogP contribution in [0.3, 0.4) is 0 Å². The molecular weight excluding hydrogens is 771 g/mol. The van der Waals surface area contributed by atoms with E-state index in [2.05, 4.69) is 20.9 Å². The van der Waals surface area contributed by atoms with Crippen molar-refractivity contribution in [2.24, 2.45) is 17.8 Å². The standard InChI is InChI=1S/C45H61N5O8S/c1-9-29(4)38(49-40(53)36-21-16-22-50(36)44(56)58-45(6,7)8)41(54)47-34(28(2)3)25-37(51)42-48-35(27-59-42)39(52)46-33(24-31-17-12-10-13-18-31)23-30(5)43(55)57-26-32-19-14-11-15-20-32/h10-15,17-20,27-30,33-34,36,38H,9,16,21-26H2,1-8H3,(H,46,52)(H,47,54)(H,49,53)/t29-,30-,33+,34+,36-,38-/m0/s1. The van der Waals surface area contributed by atoms with Crippen molar-refractivity contribution >= 4 is 46.9 Å². The van der Waals surface area contributed by atoms with Gasteiger partial charge in [-0.25, -0.2) is 9.78 Å². The first-order chi connectivity index (χ1) is 27.9. The predicted octanol–water partition coefficient (Wildman–Crippen LogP) is 6.90. The summed E-state index contributed by atoms with van der Waals surface area (Å²) in [7, 11) is 0. The van der Waals surface area contributed by atoms with Crippen LogP contribution in [-0.4, -0.2) is 81.8 Å². The smallest absolute Gasteiger partial charge is 0.410 e. The van der Waals surface area contributed by atoms with Crippen LogP contribution >= 0.6 is 11.3 Å². The van der Waals surface area contributed by atoms with Gasteiger partial charge < -0.3 is 25.4 Å². The number of hydrogen-bond acceptors (Lipinski definition) is 10. The van der Waals surface area contributed by atoms with E-state index in [1.165, 1.54) is 10.3 Å². The summed E-state index contributed by atoms with van der Waals surface area (Å²) in [5.41, 5.74) is 1.22. The maximum atomic E-state index is 13.8. The second kappa shape index (κ2) is 21.8. The van der Waals surface area contributed by atoms with Gasteiger partial charge in [0.25, 0.3) is 5.91 Å². The number of ketones is 1. The van der Waals surface area contributed by atoms with E-state index in [4.69, 9.17) is 9.47 Å². The number of likely N-dealkylation sites (tertiary alicyclic amines) is 1. The molecule has 0 aliphatic carbocycles. The fourth-order valence-electron chi connectivity index (χ4n) is 6.79. The molecule has 6 atom stereocenters. The molecule has 3 aromatic rings. The molecule has 2 heterocycles.